The molecule has 22 heavy (non-hydrogen) atoms. The van der Waals surface area contributed by atoms with E-state index in [1.807, 2.05) is 13.8 Å². The number of hydrogen-bond acceptors (Lipinski definition) is 5. The van der Waals surface area contributed by atoms with Crippen molar-refractivity contribution in [2.24, 2.45) is 5.41 Å². The highest BCUT2D eigenvalue weighted by Crippen LogP contribution is 2.58. The van der Waals surface area contributed by atoms with Gasteiger partial charge >= 0.3 is 0 Å². The van der Waals surface area contributed by atoms with Crippen LogP contribution in [0.15, 0.2) is 35.6 Å². The molecule has 0 fully saturated rings. The van der Waals surface area contributed by atoms with E-state index >= 15 is 0 Å². The van der Waals surface area contributed by atoms with E-state index in [4.69, 9.17) is 4.74 Å². The summed E-state index contributed by atoms with van der Waals surface area (Å²) < 4.78 is 5.63. The lowest BCUT2D eigenvalue weighted by Crippen LogP contribution is -2.52. The highest BCUT2D eigenvalue weighted by atomic mass is 16.7. The molecule has 1 heterocycles. The fourth-order valence-electron chi connectivity index (χ4n) is 3.87. The second-order valence-corrected chi connectivity index (χ2v) is 7.07. The lowest BCUT2D eigenvalue weighted by atomic mass is 9.72. The first-order chi connectivity index (χ1) is 10.2. The molecule has 2 N–H and O–H groups in total. The van der Waals surface area contributed by atoms with Crippen LogP contribution in [0.5, 0.6) is 0 Å². The van der Waals surface area contributed by atoms with Crippen molar-refractivity contribution in [1.29, 1.82) is 0 Å². The number of hydrogen-bond donors (Lipinski definition) is 2. The van der Waals surface area contributed by atoms with E-state index in [1.165, 1.54) is 6.07 Å². The third-order valence-corrected chi connectivity index (χ3v) is 4.82. The fraction of sp³-hybridized carbons (Fsp3) is 0.412. The highest BCUT2D eigenvalue weighted by Gasteiger charge is 2.73. The molecule has 4 rings (SSSR count). The monoisotopic (exact) mass is 300 g/mol. The Morgan fingerprint density at radius 2 is 1.77 bits per heavy atom. The summed E-state index contributed by atoms with van der Waals surface area (Å²) in [6.07, 6.45) is 0.603. The number of ketones is 2. The molecule has 3 aliphatic rings. The Kier molecular flexibility index (Phi) is 2.28. The lowest BCUT2D eigenvalue weighted by Gasteiger charge is -2.30. The largest absolute Gasteiger partial charge is 0.458 e. The highest BCUT2D eigenvalue weighted by molar-refractivity contribution is 6.17. The van der Waals surface area contributed by atoms with Crippen LogP contribution in [0.1, 0.15) is 42.6 Å². The normalized spacial score (nSPS) is 35.1. The molecule has 5 nitrogen and oxygen atoms in total. The number of Topliss-reactive ketones (excluding diaryl/α,β-unsaturated/α-hetero) is 2. The van der Waals surface area contributed by atoms with Crippen LogP contribution in [0, 0.1) is 5.41 Å². The third kappa shape index (κ3) is 1.31. The van der Waals surface area contributed by atoms with Crippen molar-refractivity contribution in [1.82, 2.24) is 0 Å². The molecule has 5 heteroatoms. The van der Waals surface area contributed by atoms with Gasteiger partial charge in [0, 0.05) is 24.0 Å². The van der Waals surface area contributed by atoms with E-state index in [9.17, 15) is 19.8 Å². The number of fused-ring (bicyclic) bond motifs is 4. The van der Waals surface area contributed by atoms with Gasteiger partial charge in [0.15, 0.2) is 5.78 Å². The van der Waals surface area contributed by atoms with Crippen LogP contribution in [-0.2, 0) is 15.3 Å². The van der Waals surface area contributed by atoms with E-state index < -0.39 is 17.2 Å². The first-order valence-corrected chi connectivity index (χ1v) is 7.26. The number of carbonyl (C=O) groups is 2. The molecule has 0 saturated carbocycles. The molecule has 2 aliphatic carbocycles. The van der Waals surface area contributed by atoms with Gasteiger partial charge in [0.1, 0.15) is 5.76 Å². The van der Waals surface area contributed by atoms with Crippen molar-refractivity contribution in [3.63, 3.8) is 0 Å². The molecular weight excluding hydrogens is 284 g/mol. The van der Waals surface area contributed by atoms with E-state index in [0.29, 0.717) is 6.42 Å². The zero-order valence-electron chi connectivity index (χ0n) is 12.3. The topological polar surface area (TPSA) is 83.8 Å². The molecule has 1 aliphatic heterocycles. The Morgan fingerprint density at radius 3 is 2.50 bits per heavy atom. The minimum Gasteiger partial charge on any atom is -0.458 e. The van der Waals surface area contributed by atoms with Crippen molar-refractivity contribution in [3.05, 3.63) is 46.7 Å². The predicted octanol–water partition coefficient (Wildman–Crippen LogP) is 1.43. The third-order valence-electron chi connectivity index (χ3n) is 4.82. The second-order valence-electron chi connectivity index (χ2n) is 7.07. The molecule has 0 saturated heterocycles. The van der Waals surface area contributed by atoms with Gasteiger partial charge in [-0.25, -0.2) is 0 Å². The Bertz CT molecular complexity index is 775. The zero-order chi connectivity index (χ0) is 15.9. The minimum atomic E-state index is -2.33. The lowest BCUT2D eigenvalue weighted by molar-refractivity contribution is -0.236. The summed E-state index contributed by atoms with van der Waals surface area (Å²) in [5.41, 5.74) is -2.33. The summed E-state index contributed by atoms with van der Waals surface area (Å²) >= 11 is 0. The molecule has 0 bridgehead atoms. The molecule has 0 unspecified atom stereocenters. The van der Waals surface area contributed by atoms with Gasteiger partial charge in [-0.1, -0.05) is 38.1 Å². The minimum absolute atomic E-state index is 0.0736. The van der Waals surface area contributed by atoms with Crippen molar-refractivity contribution < 1.29 is 24.5 Å². The maximum absolute atomic E-state index is 12.7. The van der Waals surface area contributed by atoms with Gasteiger partial charge < -0.3 is 14.9 Å². The summed E-state index contributed by atoms with van der Waals surface area (Å²) in [5, 5.41) is 22.0. The average molecular weight is 300 g/mol. The Labute approximate surface area is 127 Å². The summed E-state index contributed by atoms with van der Waals surface area (Å²) in [4.78, 5) is 25.2. The average Bonchev–Trinajstić information content (AvgIpc) is 2.74. The number of aliphatic hydroxyl groups is 2. The van der Waals surface area contributed by atoms with E-state index in [0.717, 1.165) is 0 Å². The first kappa shape index (κ1) is 13.7. The van der Waals surface area contributed by atoms with Crippen LogP contribution in [-0.4, -0.2) is 27.4 Å². The molecule has 2 atom stereocenters. The number of carbonyl (C=O) groups excluding carboxylic acids is 2. The summed E-state index contributed by atoms with van der Waals surface area (Å²) in [6, 6.07) is 6.36. The van der Waals surface area contributed by atoms with Crippen LogP contribution >= 0.6 is 0 Å². The Balaban J connectivity index is 1.96. The molecule has 0 radical (unpaired) electrons. The molecule has 114 valence electrons. The zero-order valence-corrected chi connectivity index (χ0v) is 12.3. The summed E-state index contributed by atoms with van der Waals surface area (Å²) in [7, 11) is 0. The molecule has 1 aromatic rings. The Hall–Kier alpha value is -1.98. The summed E-state index contributed by atoms with van der Waals surface area (Å²) in [5.74, 6) is -3.00. The quantitative estimate of drug-likeness (QED) is 0.757. The van der Waals surface area contributed by atoms with Crippen LogP contribution in [0.4, 0.5) is 0 Å². The predicted molar refractivity (Wildman–Crippen MR) is 75.8 cm³/mol. The number of rotatable bonds is 0. The maximum Gasteiger partial charge on any atom is 0.276 e. The van der Waals surface area contributed by atoms with Crippen molar-refractivity contribution in [2.75, 3.05) is 0 Å². The SMILES string of the molecule is CC1(C)CC(=O)C2=C(C1)O[C@]1(O)c3ccccc3C(=O)[C@@]21O. The Morgan fingerprint density at radius 1 is 1.09 bits per heavy atom. The van der Waals surface area contributed by atoms with Gasteiger partial charge in [0.2, 0.25) is 11.4 Å². The number of benzene rings is 1. The molecule has 0 amide bonds. The smallest absolute Gasteiger partial charge is 0.276 e. The number of allylic oxidation sites excluding steroid dienone is 1. The second kappa shape index (κ2) is 3.67. The van der Waals surface area contributed by atoms with E-state index in [1.54, 1.807) is 18.2 Å². The van der Waals surface area contributed by atoms with Gasteiger partial charge in [-0.05, 0) is 5.41 Å². The standard InChI is InChI=1S/C17H16O5/c1-15(2)7-11(18)13-12(8-15)22-17(21)10-6-4-3-5-9(10)14(19)16(13,17)20/h3-6,20-21H,7-8H2,1-2H3/t16-,17+/m0/s1. The van der Waals surface area contributed by atoms with Crippen molar-refractivity contribution >= 4 is 11.6 Å². The van der Waals surface area contributed by atoms with Crippen LogP contribution in [0.25, 0.3) is 0 Å². The van der Waals surface area contributed by atoms with Crippen molar-refractivity contribution in [2.45, 2.75) is 38.1 Å². The summed E-state index contributed by atoms with van der Waals surface area (Å²) in [6.45, 7) is 3.83. The van der Waals surface area contributed by atoms with Gasteiger partial charge in [0.05, 0.1) is 5.57 Å². The van der Waals surface area contributed by atoms with E-state index in [-0.39, 0.29) is 40.1 Å². The van der Waals surface area contributed by atoms with Gasteiger partial charge in [-0.2, -0.15) is 0 Å². The maximum atomic E-state index is 12.7. The van der Waals surface area contributed by atoms with E-state index in [2.05, 4.69) is 0 Å². The van der Waals surface area contributed by atoms with Gasteiger partial charge in [0.25, 0.3) is 5.79 Å². The first-order valence-electron chi connectivity index (χ1n) is 7.26. The van der Waals surface area contributed by atoms with Gasteiger partial charge in [-0.3, -0.25) is 9.59 Å². The fourth-order valence-corrected chi connectivity index (χ4v) is 3.87. The van der Waals surface area contributed by atoms with Crippen LogP contribution < -0.4 is 0 Å². The van der Waals surface area contributed by atoms with Crippen LogP contribution in [0.3, 0.4) is 0 Å². The molecule has 1 aromatic carbocycles. The molecule has 0 aromatic heterocycles. The number of ether oxygens (including phenoxy) is 1. The van der Waals surface area contributed by atoms with Crippen molar-refractivity contribution in [3.8, 4) is 0 Å². The van der Waals surface area contributed by atoms with Crippen LogP contribution in [0.2, 0.25) is 0 Å². The molecular formula is C17H16O5. The molecule has 0 spiro atoms. The van der Waals surface area contributed by atoms with Gasteiger partial charge in [-0.15, -0.1) is 0 Å².